The predicted octanol–water partition coefficient (Wildman–Crippen LogP) is 3.40. The molecule has 6 heteroatoms. The van der Waals surface area contributed by atoms with Crippen molar-refractivity contribution in [3.05, 3.63) is 21.9 Å². The lowest BCUT2D eigenvalue weighted by atomic mass is 9.85. The molecule has 0 aromatic carbocycles. The summed E-state index contributed by atoms with van der Waals surface area (Å²) in [5.41, 5.74) is 7.09. The van der Waals surface area contributed by atoms with Crippen LogP contribution in [0.2, 0.25) is 10.3 Å². The quantitative estimate of drug-likeness (QED) is 0.841. The van der Waals surface area contributed by atoms with Gasteiger partial charge in [0.1, 0.15) is 5.15 Å². The first kappa shape index (κ1) is 16.2. The van der Waals surface area contributed by atoms with E-state index in [9.17, 15) is 4.79 Å². The van der Waals surface area contributed by atoms with Gasteiger partial charge in [0.05, 0.1) is 5.69 Å². The number of anilines is 1. The summed E-state index contributed by atoms with van der Waals surface area (Å²) in [6.45, 7) is 7.78. The number of aromatic nitrogens is 1. The fourth-order valence-electron chi connectivity index (χ4n) is 1.44. The number of nitrogens with zero attached hydrogens (tertiary/aromatic N) is 1. The number of pyridine rings is 1. The van der Waals surface area contributed by atoms with E-state index in [1.54, 1.807) is 13.0 Å². The summed E-state index contributed by atoms with van der Waals surface area (Å²) in [6, 6.07) is 1.42. The number of halogens is 2. The van der Waals surface area contributed by atoms with Crippen LogP contribution < -0.4 is 11.1 Å². The monoisotopic (exact) mass is 303 g/mol. The Morgan fingerprint density at radius 3 is 2.53 bits per heavy atom. The van der Waals surface area contributed by atoms with Crippen molar-refractivity contribution in [2.45, 2.75) is 40.2 Å². The lowest BCUT2D eigenvalue weighted by molar-refractivity contribution is -0.117. The third-order valence-corrected chi connectivity index (χ3v) is 3.39. The Balaban J connectivity index is 2.79. The molecule has 0 aliphatic carbocycles. The van der Waals surface area contributed by atoms with E-state index in [0.29, 0.717) is 10.8 Å². The van der Waals surface area contributed by atoms with Gasteiger partial charge in [-0.05, 0) is 24.0 Å². The highest BCUT2D eigenvalue weighted by molar-refractivity contribution is 6.34. The van der Waals surface area contributed by atoms with Gasteiger partial charge in [-0.2, -0.15) is 0 Å². The molecule has 1 rings (SSSR count). The van der Waals surface area contributed by atoms with Crippen molar-refractivity contribution < 1.29 is 4.79 Å². The van der Waals surface area contributed by atoms with E-state index >= 15 is 0 Å². The number of aryl methyl sites for hydroxylation is 1. The van der Waals surface area contributed by atoms with Crippen LogP contribution in [0.15, 0.2) is 6.07 Å². The van der Waals surface area contributed by atoms with Gasteiger partial charge < -0.3 is 11.1 Å². The molecule has 0 aliphatic heterocycles. The molecule has 1 unspecified atom stereocenters. The highest BCUT2D eigenvalue weighted by Crippen LogP contribution is 2.27. The van der Waals surface area contributed by atoms with E-state index in [1.807, 2.05) is 20.8 Å². The minimum atomic E-state index is -0.230. The maximum atomic E-state index is 11.9. The zero-order valence-electron chi connectivity index (χ0n) is 11.6. The summed E-state index contributed by atoms with van der Waals surface area (Å²) in [5, 5.41) is 3.22. The number of amides is 1. The van der Waals surface area contributed by atoms with Gasteiger partial charge in [-0.15, -0.1) is 0 Å². The maximum Gasteiger partial charge on any atom is 0.226 e. The van der Waals surface area contributed by atoms with Crippen LogP contribution in [0.4, 0.5) is 5.69 Å². The third-order valence-electron chi connectivity index (χ3n) is 2.92. The van der Waals surface area contributed by atoms with Gasteiger partial charge in [-0.25, -0.2) is 4.98 Å². The summed E-state index contributed by atoms with van der Waals surface area (Å²) >= 11 is 11.7. The largest absolute Gasteiger partial charge is 0.327 e. The van der Waals surface area contributed by atoms with E-state index < -0.39 is 0 Å². The Hall–Kier alpha value is -0.840. The number of hydrogen-bond acceptors (Lipinski definition) is 3. The fourth-order valence-corrected chi connectivity index (χ4v) is 2.02. The summed E-state index contributed by atoms with van der Waals surface area (Å²) < 4.78 is 0. The molecular weight excluding hydrogens is 285 g/mol. The standard InChI is InChI=1S/C13H19Cl2N3O/c1-7-5-9(14)17-12(15)11(7)18-10(19)6-8(16)13(2,3)4/h5,8H,6,16H2,1-4H3,(H,18,19). The van der Waals surface area contributed by atoms with Crippen LogP contribution in [0.5, 0.6) is 0 Å². The van der Waals surface area contributed by atoms with E-state index in [2.05, 4.69) is 10.3 Å². The highest BCUT2D eigenvalue weighted by Gasteiger charge is 2.23. The van der Waals surface area contributed by atoms with Gasteiger partial charge in [0.2, 0.25) is 5.91 Å². The van der Waals surface area contributed by atoms with Gasteiger partial charge in [0.25, 0.3) is 0 Å². The summed E-state index contributed by atoms with van der Waals surface area (Å²) in [4.78, 5) is 15.8. The number of nitrogens with one attached hydrogen (secondary N) is 1. The normalized spacial score (nSPS) is 13.2. The Morgan fingerprint density at radius 2 is 2.05 bits per heavy atom. The van der Waals surface area contributed by atoms with Crippen molar-refractivity contribution in [3.63, 3.8) is 0 Å². The predicted molar refractivity (Wildman–Crippen MR) is 79.7 cm³/mol. The topological polar surface area (TPSA) is 68.0 Å². The summed E-state index contributed by atoms with van der Waals surface area (Å²) in [5.74, 6) is -0.184. The molecule has 0 radical (unpaired) electrons. The second-order valence-electron chi connectivity index (χ2n) is 5.65. The molecule has 19 heavy (non-hydrogen) atoms. The van der Waals surface area contributed by atoms with Crippen LogP contribution in [0.1, 0.15) is 32.8 Å². The highest BCUT2D eigenvalue weighted by atomic mass is 35.5. The van der Waals surface area contributed by atoms with Crippen LogP contribution in [0.3, 0.4) is 0 Å². The molecule has 1 aromatic heterocycles. The van der Waals surface area contributed by atoms with Crippen molar-refractivity contribution in [3.8, 4) is 0 Å². The minimum absolute atomic E-state index is 0.131. The first-order valence-corrected chi connectivity index (χ1v) is 6.75. The molecular formula is C13H19Cl2N3O. The van der Waals surface area contributed by atoms with Crippen molar-refractivity contribution in [1.82, 2.24) is 4.98 Å². The molecule has 0 spiro atoms. The first-order valence-electron chi connectivity index (χ1n) is 5.99. The summed E-state index contributed by atoms with van der Waals surface area (Å²) in [6.07, 6.45) is 0.224. The Bertz CT molecular complexity index is 460. The zero-order valence-corrected chi connectivity index (χ0v) is 13.1. The molecule has 0 fully saturated rings. The van der Waals surface area contributed by atoms with Crippen LogP contribution in [-0.2, 0) is 4.79 Å². The summed E-state index contributed by atoms with van der Waals surface area (Å²) in [7, 11) is 0. The third kappa shape index (κ3) is 4.64. The minimum Gasteiger partial charge on any atom is -0.327 e. The average molecular weight is 304 g/mol. The van der Waals surface area contributed by atoms with Gasteiger partial charge in [0.15, 0.2) is 5.15 Å². The van der Waals surface area contributed by atoms with Crippen molar-refractivity contribution in [2.75, 3.05) is 5.32 Å². The molecule has 0 aliphatic rings. The second-order valence-corrected chi connectivity index (χ2v) is 6.40. The van der Waals surface area contributed by atoms with E-state index in [-0.39, 0.29) is 28.9 Å². The maximum absolute atomic E-state index is 11.9. The molecule has 1 aromatic rings. The molecule has 1 heterocycles. The van der Waals surface area contributed by atoms with E-state index in [4.69, 9.17) is 28.9 Å². The molecule has 3 N–H and O–H groups in total. The second kappa shape index (κ2) is 6.07. The van der Waals surface area contributed by atoms with Crippen molar-refractivity contribution >= 4 is 34.8 Å². The lowest BCUT2D eigenvalue weighted by Gasteiger charge is -2.26. The molecule has 1 amide bonds. The van der Waals surface area contributed by atoms with Crippen LogP contribution in [0.25, 0.3) is 0 Å². The lowest BCUT2D eigenvalue weighted by Crippen LogP contribution is -2.38. The first-order chi connectivity index (χ1) is 8.61. The van der Waals surface area contributed by atoms with Gasteiger partial charge in [-0.3, -0.25) is 4.79 Å². The van der Waals surface area contributed by atoms with Gasteiger partial charge >= 0.3 is 0 Å². The van der Waals surface area contributed by atoms with Crippen LogP contribution >= 0.6 is 23.2 Å². The van der Waals surface area contributed by atoms with Crippen LogP contribution in [0, 0.1) is 12.3 Å². The molecule has 1 atom stereocenters. The van der Waals surface area contributed by atoms with E-state index in [1.165, 1.54) is 0 Å². The molecule has 106 valence electrons. The molecule has 0 bridgehead atoms. The average Bonchev–Trinajstić information content (AvgIpc) is 2.21. The van der Waals surface area contributed by atoms with Gasteiger partial charge in [-0.1, -0.05) is 44.0 Å². The number of carbonyl (C=O) groups excluding carboxylic acids is 1. The number of carbonyl (C=O) groups is 1. The van der Waals surface area contributed by atoms with E-state index in [0.717, 1.165) is 5.56 Å². The molecule has 0 saturated carbocycles. The van der Waals surface area contributed by atoms with Crippen molar-refractivity contribution in [1.29, 1.82) is 0 Å². The number of rotatable bonds is 3. The van der Waals surface area contributed by atoms with Crippen LogP contribution in [-0.4, -0.2) is 16.9 Å². The molecule has 0 saturated heterocycles. The Labute approximate surface area is 123 Å². The number of nitrogens with two attached hydrogens (primary N) is 1. The van der Waals surface area contributed by atoms with Gasteiger partial charge in [0, 0.05) is 12.5 Å². The SMILES string of the molecule is Cc1cc(Cl)nc(Cl)c1NC(=O)CC(N)C(C)(C)C. The Kier molecular flexibility index (Phi) is 5.18. The van der Waals surface area contributed by atoms with Crippen molar-refractivity contribution in [2.24, 2.45) is 11.1 Å². The number of hydrogen-bond donors (Lipinski definition) is 2. The molecule has 4 nitrogen and oxygen atoms in total. The zero-order chi connectivity index (χ0) is 14.8. The Morgan fingerprint density at radius 1 is 1.47 bits per heavy atom. The fraction of sp³-hybridized carbons (Fsp3) is 0.538. The smallest absolute Gasteiger partial charge is 0.226 e.